The average Bonchev–Trinajstić information content (AvgIpc) is 3.17. The molecule has 1 aliphatic rings. The van der Waals surface area contributed by atoms with Gasteiger partial charge in [0.05, 0.1) is 15.6 Å². The summed E-state index contributed by atoms with van der Waals surface area (Å²) in [5.74, 6) is 0.859. The van der Waals surface area contributed by atoms with Gasteiger partial charge in [0.2, 0.25) is 5.95 Å². The largest absolute Gasteiger partial charge is 0.396 e. The number of nitrogens with one attached hydrogen (secondary N) is 2. The number of benzene rings is 2. The Morgan fingerprint density at radius 2 is 1.97 bits per heavy atom. The van der Waals surface area contributed by atoms with Gasteiger partial charge in [0.1, 0.15) is 6.04 Å². The minimum absolute atomic E-state index is 0.0505. The maximum atomic E-state index is 13.5. The molecule has 3 aromatic rings. The number of halogens is 2. The van der Waals surface area contributed by atoms with Crippen LogP contribution in [0.3, 0.4) is 0 Å². The van der Waals surface area contributed by atoms with E-state index in [0.717, 1.165) is 16.8 Å². The number of para-hydroxylation sites is 1. The van der Waals surface area contributed by atoms with Crippen LogP contribution >= 0.6 is 23.2 Å². The highest BCUT2D eigenvalue weighted by Crippen LogP contribution is 2.38. The van der Waals surface area contributed by atoms with Crippen molar-refractivity contribution < 1.29 is 9.90 Å². The summed E-state index contributed by atoms with van der Waals surface area (Å²) in [6.07, 6.45) is 1.07. The number of hydrogen-bond donors (Lipinski definition) is 3. The van der Waals surface area contributed by atoms with Gasteiger partial charge >= 0.3 is 0 Å². The Morgan fingerprint density at radius 1 is 1.19 bits per heavy atom. The Kier molecular flexibility index (Phi) is 6.50. The summed E-state index contributed by atoms with van der Waals surface area (Å²) >= 11 is 12.5. The van der Waals surface area contributed by atoms with Crippen molar-refractivity contribution in [3.05, 3.63) is 80.7 Å². The lowest BCUT2D eigenvalue weighted by molar-refractivity contribution is -0.113. The number of aliphatic hydroxyl groups is 1. The molecule has 0 unspecified atom stereocenters. The van der Waals surface area contributed by atoms with E-state index >= 15 is 0 Å². The molecule has 1 amide bonds. The highest BCUT2D eigenvalue weighted by molar-refractivity contribution is 6.42. The van der Waals surface area contributed by atoms with Gasteiger partial charge in [-0.1, -0.05) is 47.5 Å². The van der Waals surface area contributed by atoms with E-state index in [0.29, 0.717) is 45.9 Å². The third-order valence-corrected chi connectivity index (χ3v) is 6.09. The molecule has 9 heteroatoms. The summed E-state index contributed by atoms with van der Waals surface area (Å²) in [6.45, 7) is 3.83. The fourth-order valence-electron chi connectivity index (χ4n) is 3.73. The van der Waals surface area contributed by atoms with Crippen LogP contribution in [-0.2, 0) is 11.2 Å². The molecular weight excluding hydrogens is 449 g/mol. The molecule has 32 heavy (non-hydrogen) atoms. The number of aryl methyl sites for hydroxylation is 2. The Hall–Kier alpha value is -2.87. The maximum absolute atomic E-state index is 13.5. The SMILES string of the molecule is CC1=C(C(=O)Nc2ccccc2C)[C@@H](c2ccc(Cl)c(Cl)c2)n2nc(CCCO)nc2N1. The van der Waals surface area contributed by atoms with E-state index in [1.165, 1.54) is 0 Å². The molecule has 1 atom stereocenters. The lowest BCUT2D eigenvalue weighted by Gasteiger charge is -2.29. The summed E-state index contributed by atoms with van der Waals surface area (Å²) in [5, 5.41) is 20.8. The van der Waals surface area contributed by atoms with Gasteiger partial charge in [0.15, 0.2) is 5.82 Å². The first kappa shape index (κ1) is 22.3. The molecule has 166 valence electrons. The molecule has 0 saturated heterocycles. The topological polar surface area (TPSA) is 92.1 Å². The van der Waals surface area contributed by atoms with Crippen molar-refractivity contribution in [2.75, 3.05) is 17.2 Å². The van der Waals surface area contributed by atoms with Crippen LogP contribution in [0.4, 0.5) is 11.6 Å². The monoisotopic (exact) mass is 471 g/mol. The number of nitrogens with zero attached hydrogens (tertiary/aromatic N) is 3. The third-order valence-electron chi connectivity index (χ3n) is 5.35. The van der Waals surface area contributed by atoms with E-state index < -0.39 is 6.04 Å². The van der Waals surface area contributed by atoms with Gasteiger partial charge in [-0.3, -0.25) is 4.79 Å². The summed E-state index contributed by atoms with van der Waals surface area (Å²) < 4.78 is 1.69. The van der Waals surface area contributed by atoms with E-state index in [1.807, 2.05) is 44.2 Å². The zero-order valence-corrected chi connectivity index (χ0v) is 19.2. The van der Waals surface area contributed by atoms with Crippen LogP contribution in [0.5, 0.6) is 0 Å². The van der Waals surface area contributed by atoms with Crippen LogP contribution in [0, 0.1) is 6.92 Å². The quantitative estimate of drug-likeness (QED) is 0.482. The number of fused-ring (bicyclic) bond motifs is 1. The highest BCUT2D eigenvalue weighted by atomic mass is 35.5. The number of rotatable bonds is 6. The first-order valence-electron chi connectivity index (χ1n) is 10.2. The van der Waals surface area contributed by atoms with Crippen molar-refractivity contribution >= 4 is 40.7 Å². The predicted octanol–water partition coefficient (Wildman–Crippen LogP) is 4.75. The number of aromatic nitrogens is 3. The molecule has 0 saturated carbocycles. The van der Waals surface area contributed by atoms with Crippen molar-refractivity contribution in [3.8, 4) is 0 Å². The van der Waals surface area contributed by atoms with Crippen molar-refractivity contribution in [1.29, 1.82) is 0 Å². The Morgan fingerprint density at radius 3 is 2.69 bits per heavy atom. The smallest absolute Gasteiger partial charge is 0.255 e. The van der Waals surface area contributed by atoms with Gasteiger partial charge in [-0.05, 0) is 49.6 Å². The lowest BCUT2D eigenvalue weighted by atomic mass is 9.95. The second-order valence-electron chi connectivity index (χ2n) is 7.63. The van der Waals surface area contributed by atoms with Crippen LogP contribution in [0.2, 0.25) is 10.0 Å². The molecule has 0 spiro atoms. The Labute approximate surface area is 196 Å². The predicted molar refractivity (Wildman–Crippen MR) is 126 cm³/mol. The van der Waals surface area contributed by atoms with Crippen molar-refractivity contribution in [2.45, 2.75) is 32.7 Å². The van der Waals surface area contributed by atoms with E-state index in [-0.39, 0.29) is 12.5 Å². The van der Waals surface area contributed by atoms with Crippen LogP contribution in [0.1, 0.15) is 36.3 Å². The zero-order valence-electron chi connectivity index (χ0n) is 17.7. The average molecular weight is 472 g/mol. The van der Waals surface area contributed by atoms with E-state index in [4.69, 9.17) is 23.2 Å². The minimum atomic E-state index is -0.555. The molecule has 0 radical (unpaired) electrons. The number of carbonyl (C=O) groups excluding carboxylic acids is 1. The first-order valence-corrected chi connectivity index (χ1v) is 11.0. The fraction of sp³-hybridized carbons (Fsp3) is 0.261. The van der Waals surface area contributed by atoms with Gasteiger partial charge in [-0.25, -0.2) is 4.68 Å². The zero-order chi connectivity index (χ0) is 22.8. The van der Waals surface area contributed by atoms with Crippen LogP contribution in [0.25, 0.3) is 0 Å². The Bertz CT molecular complexity index is 1200. The number of amides is 1. The first-order chi connectivity index (χ1) is 15.4. The lowest BCUT2D eigenvalue weighted by Crippen LogP contribution is -2.31. The molecule has 2 heterocycles. The number of carbonyl (C=O) groups is 1. The number of hydrogen-bond acceptors (Lipinski definition) is 5. The molecule has 0 aliphatic carbocycles. The Balaban J connectivity index is 1.79. The van der Waals surface area contributed by atoms with Crippen molar-refractivity contribution in [3.63, 3.8) is 0 Å². The van der Waals surface area contributed by atoms with E-state index in [1.54, 1.807) is 16.8 Å². The van der Waals surface area contributed by atoms with E-state index in [2.05, 4.69) is 20.7 Å². The summed E-state index contributed by atoms with van der Waals surface area (Å²) in [7, 11) is 0. The molecule has 0 bridgehead atoms. The standard InChI is InChI=1S/C23H23Cl2N5O2/c1-13-6-3-4-7-18(13)27-22(32)20-14(2)26-23-28-19(8-5-11-31)29-30(23)21(20)15-9-10-16(24)17(25)12-15/h3-4,6-7,9-10,12,21,31H,5,8,11H2,1-2H3,(H,27,32)(H,26,28,29)/t21-/m1/s1. The second kappa shape index (κ2) is 9.32. The number of aliphatic hydroxyl groups excluding tert-OH is 1. The minimum Gasteiger partial charge on any atom is -0.396 e. The maximum Gasteiger partial charge on any atom is 0.255 e. The van der Waals surface area contributed by atoms with Crippen LogP contribution in [0.15, 0.2) is 53.7 Å². The number of anilines is 2. The normalized spacial score (nSPS) is 15.3. The summed E-state index contributed by atoms with van der Waals surface area (Å²) in [6, 6.07) is 12.3. The van der Waals surface area contributed by atoms with Gasteiger partial charge in [-0.2, -0.15) is 10.1 Å². The molecule has 7 nitrogen and oxygen atoms in total. The van der Waals surface area contributed by atoms with Gasteiger partial charge in [0, 0.05) is 24.4 Å². The molecule has 1 aliphatic heterocycles. The molecule has 3 N–H and O–H groups in total. The van der Waals surface area contributed by atoms with E-state index in [9.17, 15) is 9.90 Å². The van der Waals surface area contributed by atoms with Crippen molar-refractivity contribution in [2.24, 2.45) is 0 Å². The van der Waals surface area contributed by atoms with Gasteiger partial charge < -0.3 is 15.7 Å². The molecule has 2 aromatic carbocycles. The van der Waals surface area contributed by atoms with Crippen LogP contribution in [-0.4, -0.2) is 32.4 Å². The molecular formula is C23H23Cl2N5O2. The van der Waals surface area contributed by atoms with Gasteiger partial charge in [-0.15, -0.1) is 0 Å². The summed E-state index contributed by atoms with van der Waals surface area (Å²) in [4.78, 5) is 18.0. The van der Waals surface area contributed by atoms with Gasteiger partial charge in [0.25, 0.3) is 5.91 Å². The highest BCUT2D eigenvalue weighted by Gasteiger charge is 2.34. The number of allylic oxidation sites excluding steroid dienone is 1. The second-order valence-corrected chi connectivity index (χ2v) is 8.45. The van der Waals surface area contributed by atoms with Crippen LogP contribution < -0.4 is 10.6 Å². The summed E-state index contributed by atoms with van der Waals surface area (Å²) in [5.41, 5.74) is 3.62. The molecule has 0 fully saturated rings. The molecule has 4 rings (SSSR count). The fourth-order valence-corrected chi connectivity index (χ4v) is 4.03. The third kappa shape index (κ3) is 4.37. The molecule has 1 aromatic heterocycles. The van der Waals surface area contributed by atoms with Crippen molar-refractivity contribution in [1.82, 2.24) is 14.8 Å².